The van der Waals surface area contributed by atoms with E-state index in [1.54, 1.807) is 0 Å². The first kappa shape index (κ1) is 17.5. The summed E-state index contributed by atoms with van der Waals surface area (Å²) in [5.74, 6) is 3.15. The Morgan fingerprint density at radius 3 is 2.77 bits per heavy atom. The molecule has 2 aliphatic rings. The summed E-state index contributed by atoms with van der Waals surface area (Å²) in [5.41, 5.74) is 0.381. The Bertz CT molecular complexity index is 536. The quantitative estimate of drug-likeness (QED) is 0.454. The number of nitrogens with zero attached hydrogens (tertiary/aromatic N) is 5. The van der Waals surface area contributed by atoms with Gasteiger partial charge >= 0.3 is 0 Å². The van der Waals surface area contributed by atoms with Gasteiger partial charge in [0, 0.05) is 33.1 Å². The molecule has 3 rings (SSSR count). The Kier molecular flexibility index (Phi) is 5.68. The second kappa shape index (κ2) is 7.14. The normalized spacial score (nSPS) is 20.5. The molecule has 1 aromatic heterocycles. The fourth-order valence-corrected chi connectivity index (χ4v) is 3.28. The molecular formula is C15H27IN6. The number of aromatic nitrogens is 3. The van der Waals surface area contributed by atoms with E-state index in [1.165, 1.54) is 19.3 Å². The smallest absolute Gasteiger partial charge is 0.194 e. The van der Waals surface area contributed by atoms with Crippen LogP contribution in [0.25, 0.3) is 0 Å². The molecule has 1 N–H and O–H groups in total. The van der Waals surface area contributed by atoms with Crippen molar-refractivity contribution in [3.05, 3.63) is 11.6 Å². The van der Waals surface area contributed by atoms with Crippen LogP contribution in [0.2, 0.25) is 0 Å². The third-order valence-corrected chi connectivity index (χ3v) is 4.53. The largest absolute Gasteiger partial charge is 0.349 e. The lowest BCUT2D eigenvalue weighted by Crippen LogP contribution is -2.40. The minimum atomic E-state index is 0. The van der Waals surface area contributed by atoms with Crippen LogP contribution in [0, 0.1) is 5.41 Å². The highest BCUT2D eigenvalue weighted by atomic mass is 127. The Hall–Kier alpha value is -0.860. The summed E-state index contributed by atoms with van der Waals surface area (Å²) in [6.07, 6.45) is 4.74. The number of hydrogen-bond donors (Lipinski definition) is 1. The Morgan fingerprint density at radius 1 is 1.27 bits per heavy atom. The molecule has 124 valence electrons. The van der Waals surface area contributed by atoms with Gasteiger partial charge in [0.2, 0.25) is 0 Å². The van der Waals surface area contributed by atoms with Crippen LogP contribution < -0.4 is 5.32 Å². The third kappa shape index (κ3) is 3.72. The van der Waals surface area contributed by atoms with Crippen LogP contribution in [0.15, 0.2) is 4.99 Å². The topological polar surface area (TPSA) is 58.3 Å². The monoisotopic (exact) mass is 418 g/mol. The van der Waals surface area contributed by atoms with Gasteiger partial charge in [-0.1, -0.05) is 13.8 Å². The summed E-state index contributed by atoms with van der Waals surface area (Å²) >= 11 is 0. The molecule has 0 atom stereocenters. The van der Waals surface area contributed by atoms with Crippen LogP contribution in [0.3, 0.4) is 0 Å². The fraction of sp³-hybridized carbons (Fsp3) is 0.800. The van der Waals surface area contributed by atoms with E-state index in [0.29, 0.717) is 12.0 Å². The standard InChI is InChI=1S/C15H26N6.HI/c1-15(2)7-9-20(11-15)14(16-3)17-10-13-19-18-12-6-4-5-8-21(12)13;/h4-11H2,1-3H3,(H,16,17);1H. The molecule has 0 saturated carbocycles. The Labute approximate surface area is 149 Å². The van der Waals surface area contributed by atoms with E-state index in [1.807, 2.05) is 7.05 Å². The highest BCUT2D eigenvalue weighted by Gasteiger charge is 2.31. The second-order valence-electron chi connectivity index (χ2n) is 6.88. The van der Waals surface area contributed by atoms with Crippen molar-refractivity contribution in [2.45, 2.75) is 52.6 Å². The molecule has 1 aromatic rings. The molecule has 1 saturated heterocycles. The second-order valence-corrected chi connectivity index (χ2v) is 6.88. The van der Waals surface area contributed by atoms with E-state index in [4.69, 9.17) is 0 Å². The molecule has 0 bridgehead atoms. The van der Waals surface area contributed by atoms with Crippen LogP contribution in [0.4, 0.5) is 0 Å². The summed E-state index contributed by atoms with van der Waals surface area (Å²) in [4.78, 5) is 6.76. The average molecular weight is 418 g/mol. The number of hydrogen-bond acceptors (Lipinski definition) is 3. The van der Waals surface area contributed by atoms with Crippen molar-refractivity contribution in [1.29, 1.82) is 0 Å². The fourth-order valence-electron chi connectivity index (χ4n) is 3.28. The van der Waals surface area contributed by atoms with E-state index >= 15 is 0 Å². The predicted octanol–water partition coefficient (Wildman–Crippen LogP) is 2.04. The van der Waals surface area contributed by atoms with Gasteiger partial charge in [-0.05, 0) is 24.7 Å². The molecule has 2 aliphatic heterocycles. The van der Waals surface area contributed by atoms with Crippen molar-refractivity contribution in [2.24, 2.45) is 10.4 Å². The third-order valence-electron chi connectivity index (χ3n) is 4.53. The van der Waals surface area contributed by atoms with Crippen molar-refractivity contribution >= 4 is 29.9 Å². The Balaban J connectivity index is 0.00000176. The average Bonchev–Trinajstić information content (AvgIpc) is 3.04. The number of nitrogens with one attached hydrogen (secondary N) is 1. The maximum Gasteiger partial charge on any atom is 0.194 e. The minimum Gasteiger partial charge on any atom is -0.349 e. The summed E-state index contributed by atoms with van der Waals surface area (Å²) in [7, 11) is 1.85. The molecular weight excluding hydrogens is 391 g/mol. The van der Waals surface area contributed by atoms with Gasteiger partial charge in [-0.2, -0.15) is 0 Å². The first-order chi connectivity index (χ1) is 10.1. The van der Waals surface area contributed by atoms with E-state index < -0.39 is 0 Å². The maximum atomic E-state index is 4.42. The molecule has 0 amide bonds. The first-order valence-corrected chi connectivity index (χ1v) is 7.96. The number of aryl methyl sites for hydroxylation is 1. The van der Waals surface area contributed by atoms with Gasteiger partial charge in [0.25, 0.3) is 0 Å². The molecule has 0 spiro atoms. The van der Waals surface area contributed by atoms with E-state index in [9.17, 15) is 0 Å². The van der Waals surface area contributed by atoms with Gasteiger partial charge in [-0.15, -0.1) is 34.2 Å². The van der Waals surface area contributed by atoms with Crippen LogP contribution in [0.1, 0.15) is 44.8 Å². The number of fused-ring (bicyclic) bond motifs is 1. The van der Waals surface area contributed by atoms with Crippen molar-refractivity contribution in [3.63, 3.8) is 0 Å². The Morgan fingerprint density at radius 2 is 2.09 bits per heavy atom. The van der Waals surface area contributed by atoms with Crippen molar-refractivity contribution < 1.29 is 0 Å². The number of aliphatic imine (C=N–C) groups is 1. The SMILES string of the molecule is CN=C(NCc1nnc2n1CCCC2)N1CCC(C)(C)C1.I. The van der Waals surface area contributed by atoms with Crippen LogP contribution >= 0.6 is 24.0 Å². The molecule has 22 heavy (non-hydrogen) atoms. The summed E-state index contributed by atoms with van der Waals surface area (Å²) in [6, 6.07) is 0. The highest BCUT2D eigenvalue weighted by molar-refractivity contribution is 14.0. The lowest BCUT2D eigenvalue weighted by Gasteiger charge is -2.23. The van der Waals surface area contributed by atoms with Crippen molar-refractivity contribution in [3.8, 4) is 0 Å². The number of rotatable bonds is 2. The van der Waals surface area contributed by atoms with Crippen LogP contribution in [0.5, 0.6) is 0 Å². The molecule has 0 unspecified atom stereocenters. The van der Waals surface area contributed by atoms with Crippen molar-refractivity contribution in [1.82, 2.24) is 25.0 Å². The van der Waals surface area contributed by atoms with Gasteiger partial charge in [0.05, 0.1) is 6.54 Å². The van der Waals surface area contributed by atoms with E-state index in [0.717, 1.165) is 43.7 Å². The predicted molar refractivity (Wildman–Crippen MR) is 98.5 cm³/mol. The summed E-state index contributed by atoms with van der Waals surface area (Å²) < 4.78 is 2.26. The molecule has 0 aliphatic carbocycles. The number of halogens is 1. The van der Waals surface area contributed by atoms with Crippen molar-refractivity contribution in [2.75, 3.05) is 20.1 Å². The zero-order chi connectivity index (χ0) is 14.9. The molecule has 7 heteroatoms. The van der Waals surface area contributed by atoms with Crippen LogP contribution in [-0.4, -0.2) is 45.8 Å². The van der Waals surface area contributed by atoms with E-state index in [2.05, 4.69) is 43.8 Å². The number of guanidine groups is 1. The molecule has 0 aromatic carbocycles. The molecule has 0 radical (unpaired) electrons. The van der Waals surface area contributed by atoms with Gasteiger partial charge < -0.3 is 14.8 Å². The lowest BCUT2D eigenvalue weighted by molar-refractivity contribution is 0.369. The summed E-state index contributed by atoms with van der Waals surface area (Å²) in [6.45, 7) is 8.52. The molecule has 3 heterocycles. The molecule has 1 fully saturated rings. The number of likely N-dealkylation sites (tertiary alicyclic amines) is 1. The lowest BCUT2D eigenvalue weighted by atomic mass is 9.93. The van der Waals surface area contributed by atoms with Gasteiger partial charge in [-0.3, -0.25) is 4.99 Å². The first-order valence-electron chi connectivity index (χ1n) is 7.96. The van der Waals surface area contributed by atoms with Gasteiger partial charge in [-0.25, -0.2) is 0 Å². The van der Waals surface area contributed by atoms with Gasteiger partial charge in [0.1, 0.15) is 5.82 Å². The minimum absolute atomic E-state index is 0. The van der Waals surface area contributed by atoms with Crippen LogP contribution in [-0.2, 0) is 19.5 Å². The maximum absolute atomic E-state index is 4.42. The zero-order valence-corrected chi connectivity index (χ0v) is 16.1. The van der Waals surface area contributed by atoms with E-state index in [-0.39, 0.29) is 24.0 Å². The summed E-state index contributed by atoms with van der Waals surface area (Å²) in [5, 5.41) is 12.1. The zero-order valence-electron chi connectivity index (χ0n) is 13.8. The van der Waals surface area contributed by atoms with Gasteiger partial charge in [0.15, 0.2) is 11.8 Å². The highest BCUT2D eigenvalue weighted by Crippen LogP contribution is 2.28. The molecule has 6 nitrogen and oxygen atoms in total.